The number of nitro groups is 1. The molecule has 158 valence electrons. The molecule has 0 saturated heterocycles. The van der Waals surface area contributed by atoms with Gasteiger partial charge in [0.25, 0.3) is 11.6 Å². The number of nitrogens with one attached hydrogen (secondary N) is 1. The lowest BCUT2D eigenvalue weighted by Crippen LogP contribution is -2.30. The van der Waals surface area contributed by atoms with E-state index in [2.05, 4.69) is 5.32 Å². The van der Waals surface area contributed by atoms with Crippen molar-refractivity contribution in [1.29, 1.82) is 0 Å². The Morgan fingerprint density at radius 1 is 0.903 bits per heavy atom. The molecule has 3 aromatic carbocycles. The number of hydrogen-bond donors (Lipinski definition) is 1. The molecule has 0 atom stereocenters. The Morgan fingerprint density at radius 2 is 1.48 bits per heavy atom. The maximum absolute atomic E-state index is 12.0. The van der Waals surface area contributed by atoms with Crippen molar-refractivity contribution in [3.05, 3.63) is 99.6 Å². The summed E-state index contributed by atoms with van der Waals surface area (Å²) >= 11 is 0. The summed E-state index contributed by atoms with van der Waals surface area (Å²) in [5, 5.41) is 13.2. The van der Waals surface area contributed by atoms with Gasteiger partial charge in [0.05, 0.1) is 4.92 Å². The Morgan fingerprint density at radius 3 is 2.06 bits per heavy atom. The minimum Gasteiger partial charge on any atom is -0.460 e. The number of hydrogen-bond acceptors (Lipinski definition) is 6. The first-order valence-corrected chi connectivity index (χ1v) is 9.42. The molecule has 8 heteroatoms. The van der Waals surface area contributed by atoms with Crippen LogP contribution in [0.4, 0.5) is 5.69 Å². The first kappa shape index (κ1) is 21.5. The van der Waals surface area contributed by atoms with Gasteiger partial charge in [-0.3, -0.25) is 19.7 Å². The van der Waals surface area contributed by atoms with Crippen LogP contribution in [0.3, 0.4) is 0 Å². The molecule has 0 bridgehead atoms. The number of nitro benzene ring substituents is 1. The van der Waals surface area contributed by atoms with E-state index in [0.29, 0.717) is 17.1 Å². The van der Waals surface area contributed by atoms with Crippen molar-refractivity contribution in [2.45, 2.75) is 13.5 Å². The van der Waals surface area contributed by atoms with Gasteiger partial charge in [0.2, 0.25) is 0 Å². The van der Waals surface area contributed by atoms with E-state index >= 15 is 0 Å². The van der Waals surface area contributed by atoms with Crippen LogP contribution >= 0.6 is 0 Å². The third-order valence-electron chi connectivity index (χ3n) is 4.31. The molecule has 0 radical (unpaired) electrons. The van der Waals surface area contributed by atoms with Gasteiger partial charge in [-0.05, 0) is 48.9 Å². The molecule has 1 amide bonds. The van der Waals surface area contributed by atoms with Gasteiger partial charge in [-0.25, -0.2) is 0 Å². The molecular formula is C23H20N2O6. The largest absolute Gasteiger partial charge is 0.460 e. The van der Waals surface area contributed by atoms with E-state index in [1.165, 1.54) is 24.3 Å². The average molecular weight is 420 g/mol. The molecule has 3 rings (SSSR count). The van der Waals surface area contributed by atoms with Gasteiger partial charge in [-0.1, -0.05) is 29.8 Å². The number of ether oxygens (including phenoxy) is 2. The van der Waals surface area contributed by atoms with Gasteiger partial charge in [0.15, 0.2) is 0 Å². The molecule has 0 spiro atoms. The predicted octanol–water partition coefficient (Wildman–Crippen LogP) is 4.17. The molecule has 0 aliphatic carbocycles. The van der Waals surface area contributed by atoms with Gasteiger partial charge in [0.1, 0.15) is 24.7 Å². The lowest BCUT2D eigenvalue weighted by molar-refractivity contribution is -0.384. The topological polar surface area (TPSA) is 108 Å². The predicted molar refractivity (Wildman–Crippen MR) is 113 cm³/mol. The molecule has 0 saturated carbocycles. The third-order valence-corrected chi connectivity index (χ3v) is 4.31. The van der Waals surface area contributed by atoms with Crippen molar-refractivity contribution in [1.82, 2.24) is 5.32 Å². The van der Waals surface area contributed by atoms with E-state index in [1.54, 1.807) is 36.4 Å². The standard InChI is InChI=1S/C23H20N2O6/c1-16-2-6-18(7-3-16)23(27)24-14-22(26)30-15-17-4-10-20(11-5-17)31-21-12-8-19(9-13-21)25(28)29/h2-13H,14-15H2,1H3,(H,24,27). The molecule has 0 fully saturated rings. The Balaban J connectivity index is 1.44. The minimum atomic E-state index is -0.549. The van der Waals surface area contributed by atoms with E-state index in [1.807, 2.05) is 19.1 Å². The summed E-state index contributed by atoms with van der Waals surface area (Å²) in [4.78, 5) is 34.1. The second-order valence-corrected chi connectivity index (χ2v) is 6.71. The summed E-state index contributed by atoms with van der Waals surface area (Å²) in [6, 6.07) is 19.6. The fraction of sp³-hybridized carbons (Fsp3) is 0.130. The number of nitrogens with zero attached hydrogens (tertiary/aromatic N) is 1. The lowest BCUT2D eigenvalue weighted by Gasteiger charge is -2.08. The molecule has 3 aromatic rings. The first-order chi connectivity index (χ1) is 14.9. The molecule has 1 N–H and O–H groups in total. The summed E-state index contributed by atoms with van der Waals surface area (Å²) in [7, 11) is 0. The van der Waals surface area contributed by atoms with Gasteiger partial charge >= 0.3 is 5.97 Å². The highest BCUT2D eigenvalue weighted by molar-refractivity contribution is 5.95. The maximum atomic E-state index is 12.0. The van der Waals surface area contributed by atoms with Crippen LogP contribution in [0, 0.1) is 17.0 Å². The van der Waals surface area contributed by atoms with Crippen LogP contribution in [0.1, 0.15) is 21.5 Å². The van der Waals surface area contributed by atoms with Crippen molar-refractivity contribution in [3.63, 3.8) is 0 Å². The number of aryl methyl sites for hydroxylation is 1. The molecule has 0 unspecified atom stereocenters. The fourth-order valence-electron chi connectivity index (χ4n) is 2.60. The number of amides is 1. The van der Waals surface area contributed by atoms with Crippen LogP contribution in [0.15, 0.2) is 72.8 Å². The smallest absolute Gasteiger partial charge is 0.325 e. The third kappa shape index (κ3) is 6.40. The van der Waals surface area contributed by atoms with E-state index in [-0.39, 0.29) is 24.7 Å². The quantitative estimate of drug-likeness (QED) is 0.333. The van der Waals surface area contributed by atoms with Crippen LogP contribution in [-0.4, -0.2) is 23.3 Å². The summed E-state index contributed by atoms with van der Waals surface area (Å²) in [6.07, 6.45) is 0. The van der Waals surface area contributed by atoms with Crippen LogP contribution in [0.25, 0.3) is 0 Å². The number of carbonyl (C=O) groups is 2. The number of esters is 1. The van der Waals surface area contributed by atoms with E-state index in [0.717, 1.165) is 11.1 Å². The van der Waals surface area contributed by atoms with Crippen molar-refractivity contribution in [2.75, 3.05) is 6.54 Å². The van der Waals surface area contributed by atoms with Gasteiger partial charge in [-0.2, -0.15) is 0 Å². The zero-order valence-corrected chi connectivity index (χ0v) is 16.7. The Labute approximate surface area is 178 Å². The van der Waals surface area contributed by atoms with E-state index < -0.39 is 10.9 Å². The molecule has 0 aliphatic heterocycles. The highest BCUT2D eigenvalue weighted by atomic mass is 16.6. The fourth-order valence-corrected chi connectivity index (χ4v) is 2.60. The van der Waals surface area contributed by atoms with Gasteiger partial charge < -0.3 is 14.8 Å². The Hall–Kier alpha value is -4.20. The monoisotopic (exact) mass is 420 g/mol. The summed E-state index contributed by atoms with van der Waals surface area (Å²) in [5.41, 5.74) is 2.25. The normalized spacial score (nSPS) is 10.2. The molecule has 0 heterocycles. The summed E-state index contributed by atoms with van der Waals surface area (Å²) < 4.78 is 10.8. The van der Waals surface area contributed by atoms with Crippen LogP contribution in [0.5, 0.6) is 11.5 Å². The Bertz CT molecular complexity index is 1060. The molecule has 0 aliphatic rings. The number of non-ortho nitro benzene ring substituents is 1. The number of rotatable bonds is 8. The molecular weight excluding hydrogens is 400 g/mol. The van der Waals surface area contributed by atoms with E-state index in [9.17, 15) is 19.7 Å². The minimum absolute atomic E-state index is 0.0143. The highest BCUT2D eigenvalue weighted by Gasteiger charge is 2.09. The zero-order valence-electron chi connectivity index (χ0n) is 16.7. The average Bonchev–Trinajstić information content (AvgIpc) is 2.78. The van der Waals surface area contributed by atoms with Gasteiger partial charge in [-0.15, -0.1) is 0 Å². The van der Waals surface area contributed by atoms with Crippen molar-refractivity contribution in [3.8, 4) is 11.5 Å². The van der Waals surface area contributed by atoms with Gasteiger partial charge in [0, 0.05) is 17.7 Å². The van der Waals surface area contributed by atoms with Crippen LogP contribution in [0.2, 0.25) is 0 Å². The first-order valence-electron chi connectivity index (χ1n) is 9.42. The summed E-state index contributed by atoms with van der Waals surface area (Å²) in [5.74, 6) is 0.111. The maximum Gasteiger partial charge on any atom is 0.325 e. The zero-order chi connectivity index (χ0) is 22.2. The van der Waals surface area contributed by atoms with Crippen molar-refractivity contribution >= 4 is 17.6 Å². The molecule has 0 aromatic heterocycles. The van der Waals surface area contributed by atoms with E-state index in [4.69, 9.17) is 9.47 Å². The second kappa shape index (κ2) is 10.0. The highest BCUT2D eigenvalue weighted by Crippen LogP contribution is 2.24. The number of carbonyl (C=O) groups excluding carboxylic acids is 2. The lowest BCUT2D eigenvalue weighted by atomic mass is 10.1. The van der Waals surface area contributed by atoms with Crippen molar-refractivity contribution < 1.29 is 24.0 Å². The Kier molecular flexibility index (Phi) is 6.95. The molecule has 8 nitrogen and oxygen atoms in total. The molecule has 31 heavy (non-hydrogen) atoms. The number of benzene rings is 3. The summed E-state index contributed by atoms with van der Waals surface area (Å²) in [6.45, 7) is 1.75. The van der Waals surface area contributed by atoms with Crippen LogP contribution < -0.4 is 10.1 Å². The SMILES string of the molecule is Cc1ccc(C(=O)NCC(=O)OCc2ccc(Oc3ccc([N+](=O)[O-])cc3)cc2)cc1. The second-order valence-electron chi connectivity index (χ2n) is 6.71. The van der Waals surface area contributed by atoms with Crippen molar-refractivity contribution in [2.24, 2.45) is 0 Å². The van der Waals surface area contributed by atoms with Crippen LogP contribution in [-0.2, 0) is 16.1 Å².